The third-order valence-corrected chi connectivity index (χ3v) is 6.47. The summed E-state index contributed by atoms with van der Waals surface area (Å²) >= 11 is 0. The monoisotopic (exact) mass is 508 g/mol. The third-order valence-electron chi connectivity index (χ3n) is 6.47. The fourth-order valence-electron chi connectivity index (χ4n) is 4.51. The van der Waals surface area contributed by atoms with Crippen molar-refractivity contribution in [2.75, 3.05) is 19.9 Å². The van der Waals surface area contributed by atoms with Crippen molar-refractivity contribution in [1.82, 2.24) is 19.8 Å². The van der Waals surface area contributed by atoms with Gasteiger partial charge in [-0.2, -0.15) is 0 Å². The zero-order valence-electron chi connectivity index (χ0n) is 20.2. The van der Waals surface area contributed by atoms with Crippen LogP contribution in [0.4, 0.5) is 0 Å². The van der Waals surface area contributed by atoms with E-state index in [4.69, 9.17) is 14.2 Å². The average molecular weight is 509 g/mol. The van der Waals surface area contributed by atoms with Gasteiger partial charge in [0.2, 0.25) is 18.6 Å². The molecular formula is C26H28N4O7. The van der Waals surface area contributed by atoms with Crippen molar-refractivity contribution >= 4 is 22.7 Å². The molecule has 11 nitrogen and oxygen atoms in total. The molecule has 0 spiro atoms. The van der Waals surface area contributed by atoms with Gasteiger partial charge in [-0.15, -0.1) is 0 Å². The Labute approximate surface area is 211 Å². The molecule has 0 aliphatic carbocycles. The summed E-state index contributed by atoms with van der Waals surface area (Å²) in [7, 11) is 0. The zero-order chi connectivity index (χ0) is 25.8. The minimum absolute atomic E-state index is 0.0254. The summed E-state index contributed by atoms with van der Waals surface area (Å²) in [6.45, 7) is 1.11. The Morgan fingerprint density at radius 2 is 1.81 bits per heavy atom. The van der Waals surface area contributed by atoms with Crippen LogP contribution in [-0.4, -0.2) is 47.0 Å². The molecule has 1 aromatic heterocycles. The molecule has 0 radical (unpaired) electrons. The molecule has 2 N–H and O–H groups in total. The predicted molar refractivity (Wildman–Crippen MR) is 133 cm³/mol. The second-order valence-corrected chi connectivity index (χ2v) is 9.00. The number of para-hydroxylation sites is 1. The van der Waals surface area contributed by atoms with Gasteiger partial charge in [0.15, 0.2) is 11.5 Å². The first-order chi connectivity index (χ1) is 18.0. The van der Waals surface area contributed by atoms with Crippen LogP contribution in [0.25, 0.3) is 10.9 Å². The van der Waals surface area contributed by atoms with E-state index in [-0.39, 0.29) is 50.8 Å². The van der Waals surface area contributed by atoms with Gasteiger partial charge in [-0.1, -0.05) is 18.2 Å². The van der Waals surface area contributed by atoms with Crippen molar-refractivity contribution in [3.8, 4) is 11.5 Å². The lowest BCUT2D eigenvalue weighted by Crippen LogP contribution is -2.44. The van der Waals surface area contributed by atoms with Gasteiger partial charge in [0.05, 0.1) is 17.0 Å². The lowest BCUT2D eigenvalue weighted by Gasteiger charge is -2.15. The van der Waals surface area contributed by atoms with Crippen molar-refractivity contribution in [3.63, 3.8) is 0 Å². The Kier molecular flexibility index (Phi) is 7.22. The van der Waals surface area contributed by atoms with Gasteiger partial charge in [0.25, 0.3) is 5.56 Å². The van der Waals surface area contributed by atoms with Crippen molar-refractivity contribution in [2.45, 2.75) is 45.0 Å². The van der Waals surface area contributed by atoms with Gasteiger partial charge in [-0.25, -0.2) is 4.79 Å². The molecule has 2 aliphatic rings. The lowest BCUT2D eigenvalue weighted by molar-refractivity contribution is -0.122. The highest BCUT2D eigenvalue weighted by molar-refractivity contribution is 5.81. The van der Waals surface area contributed by atoms with Gasteiger partial charge in [-0.05, 0) is 42.7 Å². The largest absolute Gasteiger partial charge is 0.454 e. The fourth-order valence-corrected chi connectivity index (χ4v) is 4.51. The van der Waals surface area contributed by atoms with E-state index in [0.717, 1.165) is 23.0 Å². The highest BCUT2D eigenvalue weighted by Crippen LogP contribution is 2.32. The molecule has 3 heterocycles. The van der Waals surface area contributed by atoms with Crippen LogP contribution in [0, 0.1) is 0 Å². The standard InChI is InChI=1S/C26H28N4O7/c31-23(27-13-17-7-8-21-22(12-17)37-16-36-21)9-10-29-25(33)19-5-1-2-6-20(19)30(26(29)34)15-24(32)28-14-18-4-3-11-35-18/h1-2,5-8,12,18H,3-4,9-11,13-16H2,(H,27,31)(H,28,32)/t18-/m1/s1. The quantitative estimate of drug-likeness (QED) is 0.439. The van der Waals surface area contributed by atoms with Crippen molar-refractivity contribution in [2.24, 2.45) is 0 Å². The number of benzene rings is 2. The molecule has 2 aliphatic heterocycles. The Balaban J connectivity index is 1.27. The van der Waals surface area contributed by atoms with Crippen LogP contribution in [0.5, 0.6) is 11.5 Å². The van der Waals surface area contributed by atoms with Gasteiger partial charge in [0, 0.05) is 32.7 Å². The predicted octanol–water partition coefficient (Wildman–Crippen LogP) is 0.894. The third kappa shape index (κ3) is 5.51. The first-order valence-electron chi connectivity index (χ1n) is 12.3. The Bertz CT molecular complexity index is 1440. The number of amides is 2. The molecule has 1 atom stereocenters. The molecule has 5 rings (SSSR count). The number of aromatic nitrogens is 2. The number of carbonyl (C=O) groups excluding carboxylic acids is 2. The first-order valence-corrected chi connectivity index (χ1v) is 12.3. The topological polar surface area (TPSA) is 130 Å². The van der Waals surface area contributed by atoms with Crippen LogP contribution in [0.2, 0.25) is 0 Å². The molecular weight excluding hydrogens is 480 g/mol. The minimum Gasteiger partial charge on any atom is -0.454 e. The molecule has 1 saturated heterocycles. The van der Waals surface area contributed by atoms with E-state index in [2.05, 4.69) is 10.6 Å². The number of nitrogens with zero attached hydrogens (tertiary/aromatic N) is 2. The minimum atomic E-state index is -0.639. The van der Waals surface area contributed by atoms with Gasteiger partial charge >= 0.3 is 5.69 Å². The van der Waals surface area contributed by atoms with Crippen LogP contribution in [0.15, 0.2) is 52.1 Å². The van der Waals surface area contributed by atoms with E-state index in [1.165, 1.54) is 4.57 Å². The SMILES string of the molecule is O=C(CCn1c(=O)c2ccccc2n(CC(=O)NC[C@H]2CCCO2)c1=O)NCc1ccc2c(c1)OCO2. The summed E-state index contributed by atoms with van der Waals surface area (Å²) in [5.74, 6) is 0.602. The van der Waals surface area contributed by atoms with Crippen LogP contribution < -0.4 is 31.4 Å². The van der Waals surface area contributed by atoms with Gasteiger partial charge < -0.3 is 24.8 Å². The van der Waals surface area contributed by atoms with Crippen LogP contribution in [0.1, 0.15) is 24.8 Å². The summed E-state index contributed by atoms with van der Waals surface area (Å²) in [5.41, 5.74) is 0.0600. The number of ether oxygens (including phenoxy) is 3. The van der Waals surface area contributed by atoms with E-state index in [9.17, 15) is 19.2 Å². The molecule has 0 unspecified atom stereocenters. The molecule has 2 amide bonds. The van der Waals surface area contributed by atoms with E-state index in [1.807, 2.05) is 6.07 Å². The first kappa shape index (κ1) is 24.6. The average Bonchev–Trinajstić information content (AvgIpc) is 3.60. The Morgan fingerprint density at radius 1 is 0.973 bits per heavy atom. The summed E-state index contributed by atoms with van der Waals surface area (Å²) in [6, 6.07) is 12.0. The number of rotatable bonds is 9. The zero-order valence-corrected chi connectivity index (χ0v) is 20.2. The van der Waals surface area contributed by atoms with Gasteiger partial charge in [0.1, 0.15) is 6.54 Å². The second kappa shape index (κ2) is 10.9. The Morgan fingerprint density at radius 3 is 2.65 bits per heavy atom. The maximum Gasteiger partial charge on any atom is 0.331 e. The number of carbonyl (C=O) groups is 2. The van der Waals surface area contributed by atoms with Crippen LogP contribution in [-0.2, 0) is 34.0 Å². The van der Waals surface area contributed by atoms with Crippen LogP contribution >= 0.6 is 0 Å². The van der Waals surface area contributed by atoms with E-state index in [0.29, 0.717) is 35.6 Å². The lowest BCUT2D eigenvalue weighted by atomic mass is 10.2. The van der Waals surface area contributed by atoms with E-state index >= 15 is 0 Å². The molecule has 0 bridgehead atoms. The summed E-state index contributed by atoms with van der Waals surface area (Å²) in [4.78, 5) is 51.5. The van der Waals surface area contributed by atoms with E-state index in [1.54, 1.807) is 36.4 Å². The maximum absolute atomic E-state index is 13.3. The highest BCUT2D eigenvalue weighted by atomic mass is 16.7. The van der Waals surface area contributed by atoms with Crippen molar-refractivity contribution < 1.29 is 23.8 Å². The van der Waals surface area contributed by atoms with E-state index < -0.39 is 11.2 Å². The summed E-state index contributed by atoms with van der Waals surface area (Å²) < 4.78 is 18.4. The maximum atomic E-state index is 13.3. The van der Waals surface area contributed by atoms with Gasteiger partial charge in [-0.3, -0.25) is 23.5 Å². The second-order valence-electron chi connectivity index (χ2n) is 9.00. The fraction of sp³-hybridized carbons (Fsp3) is 0.385. The Hall–Kier alpha value is -4.12. The molecule has 2 aromatic carbocycles. The molecule has 37 heavy (non-hydrogen) atoms. The summed E-state index contributed by atoms with van der Waals surface area (Å²) in [6.07, 6.45) is 1.73. The molecule has 3 aromatic rings. The van der Waals surface area contributed by atoms with Crippen LogP contribution in [0.3, 0.4) is 0 Å². The molecule has 1 fully saturated rings. The number of fused-ring (bicyclic) bond motifs is 2. The highest BCUT2D eigenvalue weighted by Gasteiger charge is 2.19. The molecule has 194 valence electrons. The number of hydrogen-bond acceptors (Lipinski definition) is 7. The normalized spacial score (nSPS) is 16.2. The number of hydrogen-bond donors (Lipinski definition) is 2. The van der Waals surface area contributed by atoms with Crippen molar-refractivity contribution in [3.05, 3.63) is 68.9 Å². The molecule has 11 heteroatoms. The summed E-state index contributed by atoms with van der Waals surface area (Å²) in [5, 5.41) is 5.90. The smallest absolute Gasteiger partial charge is 0.331 e. The molecule has 0 saturated carbocycles. The number of nitrogens with one attached hydrogen (secondary N) is 2. The van der Waals surface area contributed by atoms with Crippen molar-refractivity contribution in [1.29, 1.82) is 0 Å².